The molecule has 2 fully saturated rings. The zero-order chi connectivity index (χ0) is 17.6. The monoisotopic (exact) mass is 471 g/mol. The van der Waals surface area contributed by atoms with E-state index >= 15 is 0 Å². The maximum Gasteiger partial charge on any atom is 0.254 e. The first kappa shape index (κ1) is 20.5. The van der Waals surface area contributed by atoms with Gasteiger partial charge in [0.2, 0.25) is 5.91 Å². The zero-order valence-electron chi connectivity index (χ0n) is 14.8. The molecule has 1 aromatic carbocycles. The van der Waals surface area contributed by atoms with Gasteiger partial charge >= 0.3 is 0 Å². The molecule has 7 nitrogen and oxygen atoms in total. The maximum atomic E-state index is 12.4. The lowest BCUT2D eigenvalue weighted by molar-refractivity contribution is -0.123. The molecular weight excluding hydrogens is 445 g/mol. The number of hydrogen-bond acceptors (Lipinski definition) is 3. The minimum absolute atomic E-state index is 0. The van der Waals surface area contributed by atoms with Gasteiger partial charge in [0, 0.05) is 31.7 Å². The lowest BCUT2D eigenvalue weighted by Gasteiger charge is -2.27. The van der Waals surface area contributed by atoms with Gasteiger partial charge in [0.25, 0.3) is 5.91 Å². The maximum absolute atomic E-state index is 12.4. The third kappa shape index (κ3) is 5.33. The number of amides is 2. The highest BCUT2D eigenvalue weighted by molar-refractivity contribution is 14.0. The SMILES string of the molecule is I.NC(=NCc1ccc(C(=O)N2CCNC(=O)C2)cc1)N1CCCCC1. The van der Waals surface area contributed by atoms with Gasteiger partial charge in [-0.2, -0.15) is 0 Å². The van der Waals surface area contributed by atoms with E-state index < -0.39 is 0 Å². The Kier molecular flexibility index (Phi) is 7.67. The molecule has 0 spiro atoms. The van der Waals surface area contributed by atoms with Crippen LogP contribution in [0.15, 0.2) is 29.3 Å². The molecule has 1 aromatic rings. The third-order valence-electron chi connectivity index (χ3n) is 4.63. The van der Waals surface area contributed by atoms with Crippen molar-refractivity contribution in [2.75, 3.05) is 32.7 Å². The van der Waals surface area contributed by atoms with Crippen LogP contribution in [-0.4, -0.2) is 60.3 Å². The first-order valence-corrected chi connectivity index (χ1v) is 8.83. The zero-order valence-corrected chi connectivity index (χ0v) is 17.1. The Labute approximate surface area is 171 Å². The molecule has 0 bridgehead atoms. The standard InChI is InChI=1S/C18H25N5O2.HI/c19-18(22-9-2-1-3-10-22)21-12-14-4-6-15(7-5-14)17(25)23-11-8-20-16(24)13-23;/h4-7H,1-3,8-13H2,(H2,19,21)(H,20,24);1H. The number of nitrogens with two attached hydrogens (primary N) is 1. The first-order chi connectivity index (χ1) is 12.1. The first-order valence-electron chi connectivity index (χ1n) is 8.83. The van der Waals surface area contributed by atoms with E-state index in [1.807, 2.05) is 12.1 Å². The van der Waals surface area contributed by atoms with Gasteiger partial charge in [-0.05, 0) is 37.0 Å². The fourth-order valence-electron chi connectivity index (χ4n) is 3.14. The average Bonchev–Trinajstić information content (AvgIpc) is 2.66. The number of nitrogens with zero attached hydrogens (tertiary/aromatic N) is 3. The highest BCUT2D eigenvalue weighted by Crippen LogP contribution is 2.11. The van der Waals surface area contributed by atoms with Gasteiger partial charge in [-0.15, -0.1) is 24.0 Å². The Morgan fingerprint density at radius 2 is 1.77 bits per heavy atom. The Balaban J connectivity index is 0.00000243. The molecule has 0 atom stereocenters. The number of benzene rings is 1. The summed E-state index contributed by atoms with van der Waals surface area (Å²) >= 11 is 0. The van der Waals surface area contributed by atoms with E-state index in [0.29, 0.717) is 31.2 Å². The second-order valence-corrected chi connectivity index (χ2v) is 6.50. The summed E-state index contributed by atoms with van der Waals surface area (Å²) in [4.78, 5) is 32.0. The fraction of sp³-hybridized carbons (Fsp3) is 0.500. The number of halogens is 1. The van der Waals surface area contributed by atoms with E-state index in [4.69, 9.17) is 5.73 Å². The average molecular weight is 471 g/mol. The van der Waals surface area contributed by atoms with Crippen LogP contribution in [0, 0.1) is 0 Å². The van der Waals surface area contributed by atoms with E-state index in [0.717, 1.165) is 18.7 Å². The van der Waals surface area contributed by atoms with Gasteiger partial charge < -0.3 is 20.9 Å². The summed E-state index contributed by atoms with van der Waals surface area (Å²) in [6.45, 7) is 3.63. The van der Waals surface area contributed by atoms with Crippen molar-refractivity contribution in [1.29, 1.82) is 0 Å². The Bertz CT molecular complexity index is 656. The van der Waals surface area contributed by atoms with E-state index in [2.05, 4.69) is 15.2 Å². The van der Waals surface area contributed by atoms with Gasteiger partial charge in [-0.25, -0.2) is 4.99 Å². The molecular formula is C18H26IN5O2. The summed E-state index contributed by atoms with van der Waals surface area (Å²) in [6, 6.07) is 7.36. The minimum Gasteiger partial charge on any atom is -0.370 e. The van der Waals surface area contributed by atoms with Crippen LogP contribution in [0.25, 0.3) is 0 Å². The number of piperidine rings is 1. The molecule has 3 N–H and O–H groups in total. The van der Waals surface area contributed by atoms with E-state index in [9.17, 15) is 9.59 Å². The second-order valence-electron chi connectivity index (χ2n) is 6.50. The predicted octanol–water partition coefficient (Wildman–Crippen LogP) is 1.18. The summed E-state index contributed by atoms with van der Waals surface area (Å²) in [7, 11) is 0. The number of carbonyl (C=O) groups is 2. The summed E-state index contributed by atoms with van der Waals surface area (Å²) < 4.78 is 0. The Morgan fingerprint density at radius 1 is 1.08 bits per heavy atom. The summed E-state index contributed by atoms with van der Waals surface area (Å²) in [5, 5.41) is 2.72. The van der Waals surface area contributed by atoms with Crippen LogP contribution in [-0.2, 0) is 11.3 Å². The number of rotatable bonds is 3. The van der Waals surface area contributed by atoms with Crippen molar-refractivity contribution in [3.05, 3.63) is 35.4 Å². The van der Waals surface area contributed by atoms with Crippen LogP contribution in [0.1, 0.15) is 35.2 Å². The predicted molar refractivity (Wildman–Crippen MR) is 112 cm³/mol. The number of guanidine groups is 1. The number of hydrogen-bond donors (Lipinski definition) is 2. The fourth-order valence-corrected chi connectivity index (χ4v) is 3.14. The molecule has 8 heteroatoms. The molecule has 0 unspecified atom stereocenters. The molecule has 3 rings (SSSR count). The number of piperazine rings is 1. The second kappa shape index (κ2) is 9.75. The molecule has 26 heavy (non-hydrogen) atoms. The lowest BCUT2D eigenvalue weighted by Crippen LogP contribution is -2.49. The van der Waals surface area contributed by atoms with Gasteiger partial charge in [0.1, 0.15) is 0 Å². The molecule has 2 aliphatic rings. The van der Waals surface area contributed by atoms with Crippen molar-refractivity contribution in [3.8, 4) is 0 Å². The number of carbonyl (C=O) groups excluding carboxylic acids is 2. The van der Waals surface area contributed by atoms with Crippen molar-refractivity contribution in [2.45, 2.75) is 25.8 Å². The van der Waals surface area contributed by atoms with Crippen LogP contribution in [0.2, 0.25) is 0 Å². The minimum atomic E-state index is -0.113. The number of aliphatic imine (C=N–C) groups is 1. The van der Waals surface area contributed by atoms with E-state index in [1.54, 1.807) is 17.0 Å². The number of nitrogens with one attached hydrogen (secondary N) is 1. The van der Waals surface area contributed by atoms with Crippen molar-refractivity contribution < 1.29 is 9.59 Å². The number of likely N-dealkylation sites (tertiary alicyclic amines) is 1. The van der Waals surface area contributed by atoms with Crippen molar-refractivity contribution in [2.24, 2.45) is 10.7 Å². The van der Waals surface area contributed by atoms with Gasteiger partial charge in [0.05, 0.1) is 13.1 Å². The van der Waals surface area contributed by atoms with Gasteiger partial charge in [0.15, 0.2) is 5.96 Å². The largest absolute Gasteiger partial charge is 0.370 e. The third-order valence-corrected chi connectivity index (χ3v) is 4.63. The lowest BCUT2D eigenvalue weighted by atomic mass is 10.1. The Hall–Kier alpha value is -1.84. The van der Waals surface area contributed by atoms with E-state index in [-0.39, 0.29) is 42.3 Å². The van der Waals surface area contributed by atoms with Crippen LogP contribution >= 0.6 is 24.0 Å². The van der Waals surface area contributed by atoms with Crippen molar-refractivity contribution >= 4 is 41.8 Å². The molecule has 2 aliphatic heterocycles. The molecule has 2 saturated heterocycles. The molecule has 2 heterocycles. The highest BCUT2D eigenvalue weighted by Gasteiger charge is 2.22. The molecule has 0 radical (unpaired) electrons. The summed E-state index contributed by atoms with van der Waals surface area (Å²) in [5.41, 5.74) is 7.66. The van der Waals surface area contributed by atoms with Crippen LogP contribution in [0.3, 0.4) is 0 Å². The quantitative estimate of drug-likeness (QED) is 0.394. The molecule has 142 valence electrons. The topological polar surface area (TPSA) is 91.0 Å². The Morgan fingerprint density at radius 3 is 2.42 bits per heavy atom. The molecule has 0 aliphatic carbocycles. The van der Waals surface area contributed by atoms with Gasteiger partial charge in [-0.1, -0.05) is 12.1 Å². The molecule has 0 aromatic heterocycles. The highest BCUT2D eigenvalue weighted by atomic mass is 127. The van der Waals surface area contributed by atoms with Crippen LogP contribution in [0.4, 0.5) is 0 Å². The molecule has 0 saturated carbocycles. The molecule has 2 amide bonds. The summed E-state index contributed by atoms with van der Waals surface area (Å²) in [5.74, 6) is 0.371. The summed E-state index contributed by atoms with van der Waals surface area (Å²) in [6.07, 6.45) is 3.60. The van der Waals surface area contributed by atoms with E-state index in [1.165, 1.54) is 19.3 Å². The van der Waals surface area contributed by atoms with Crippen molar-refractivity contribution in [3.63, 3.8) is 0 Å². The van der Waals surface area contributed by atoms with Crippen LogP contribution < -0.4 is 11.1 Å². The normalized spacial score (nSPS) is 18.2. The smallest absolute Gasteiger partial charge is 0.254 e. The van der Waals surface area contributed by atoms with Crippen molar-refractivity contribution in [1.82, 2.24) is 15.1 Å². The van der Waals surface area contributed by atoms with Crippen LogP contribution in [0.5, 0.6) is 0 Å². The van der Waals surface area contributed by atoms with Gasteiger partial charge in [-0.3, -0.25) is 9.59 Å².